The molecular weight excluding hydrogens is 324 g/mol. The molecule has 1 aliphatic heterocycles. The molecule has 4 saturated carbocycles. The van der Waals surface area contributed by atoms with E-state index in [-0.39, 0.29) is 18.1 Å². The number of esters is 1. The molecule has 0 aromatic carbocycles. The first-order chi connectivity index (χ1) is 11.6. The zero-order valence-electron chi connectivity index (χ0n) is 14.2. The number of hydrogen-bond donors (Lipinski definition) is 2. The van der Waals surface area contributed by atoms with Crippen LogP contribution in [0.25, 0.3) is 0 Å². The minimum atomic E-state index is -1.38. The predicted octanol–water partition coefficient (Wildman–Crippen LogP) is 1.46. The highest BCUT2D eigenvalue weighted by Crippen LogP contribution is 2.77. The van der Waals surface area contributed by atoms with Crippen molar-refractivity contribution in [1.29, 1.82) is 0 Å². The van der Waals surface area contributed by atoms with E-state index >= 15 is 0 Å². The van der Waals surface area contributed by atoms with E-state index in [0.29, 0.717) is 37.7 Å². The van der Waals surface area contributed by atoms with Gasteiger partial charge in [0.2, 0.25) is 0 Å². The summed E-state index contributed by atoms with van der Waals surface area (Å²) >= 11 is 0. The number of carboxylic acid groups (broad SMARTS) is 1. The Morgan fingerprint density at radius 1 is 1.32 bits per heavy atom. The number of aliphatic carboxylic acids is 1. The van der Waals surface area contributed by atoms with Gasteiger partial charge >= 0.3 is 11.9 Å². The van der Waals surface area contributed by atoms with Gasteiger partial charge < -0.3 is 14.9 Å². The molecule has 1 spiro atoms. The maximum atomic E-state index is 12.7. The van der Waals surface area contributed by atoms with Crippen molar-refractivity contribution in [2.45, 2.75) is 56.7 Å². The fraction of sp³-hybridized carbons (Fsp3) is 0.737. The van der Waals surface area contributed by atoms with E-state index in [9.17, 15) is 24.6 Å². The molecule has 0 aromatic rings. The SMILES string of the molecule is C=C1C[C@]23C[C@@]1(O)CC[C@H]2[C@@]12CCC(=O)[C@](C)(C(=O)O1)[C@H]2[C@@H]3C(=O)O. The summed E-state index contributed by atoms with van der Waals surface area (Å²) in [5.41, 5.74) is -3.27. The van der Waals surface area contributed by atoms with E-state index in [2.05, 4.69) is 6.58 Å². The second-order valence-corrected chi connectivity index (χ2v) is 9.08. The normalized spacial score (nSPS) is 55.8. The van der Waals surface area contributed by atoms with Crippen molar-refractivity contribution >= 4 is 17.7 Å². The van der Waals surface area contributed by atoms with Crippen LogP contribution in [0.3, 0.4) is 0 Å². The second kappa shape index (κ2) is 4.00. The molecular formula is C19H22O6. The van der Waals surface area contributed by atoms with Crippen molar-refractivity contribution in [2.75, 3.05) is 0 Å². The third-order valence-electron chi connectivity index (χ3n) is 8.35. The van der Waals surface area contributed by atoms with Crippen LogP contribution >= 0.6 is 0 Å². The fourth-order valence-corrected chi connectivity index (χ4v) is 7.46. The van der Waals surface area contributed by atoms with Gasteiger partial charge in [-0.05, 0) is 50.0 Å². The molecule has 5 aliphatic rings. The molecule has 4 bridgehead atoms. The molecule has 6 heteroatoms. The van der Waals surface area contributed by atoms with Gasteiger partial charge in [0, 0.05) is 18.3 Å². The van der Waals surface area contributed by atoms with E-state index in [4.69, 9.17) is 4.74 Å². The minimum Gasteiger partial charge on any atom is -0.481 e. The van der Waals surface area contributed by atoms with Crippen LogP contribution in [-0.2, 0) is 19.1 Å². The smallest absolute Gasteiger partial charge is 0.320 e. The topological polar surface area (TPSA) is 101 Å². The summed E-state index contributed by atoms with van der Waals surface area (Å²) in [7, 11) is 0. The number of carboxylic acids is 1. The van der Waals surface area contributed by atoms with E-state index in [1.165, 1.54) is 0 Å². The van der Waals surface area contributed by atoms with Crippen LogP contribution in [-0.4, -0.2) is 39.1 Å². The number of carbonyl (C=O) groups excluding carboxylic acids is 2. The van der Waals surface area contributed by atoms with Gasteiger partial charge in [0.15, 0.2) is 5.78 Å². The molecule has 1 saturated heterocycles. The summed E-state index contributed by atoms with van der Waals surface area (Å²) in [6.45, 7) is 5.60. The molecule has 7 atom stereocenters. The summed E-state index contributed by atoms with van der Waals surface area (Å²) in [6, 6.07) is 0. The highest BCUT2D eigenvalue weighted by molar-refractivity contribution is 6.07. The summed E-state index contributed by atoms with van der Waals surface area (Å²) < 4.78 is 5.90. The number of ether oxygens (including phenoxy) is 1. The van der Waals surface area contributed by atoms with Crippen molar-refractivity contribution in [3.05, 3.63) is 12.2 Å². The average Bonchev–Trinajstić information content (AvgIpc) is 2.95. The van der Waals surface area contributed by atoms with Crippen molar-refractivity contribution < 1.29 is 29.3 Å². The molecule has 0 radical (unpaired) electrons. The highest BCUT2D eigenvalue weighted by atomic mass is 16.6. The van der Waals surface area contributed by atoms with Crippen molar-refractivity contribution in [3.63, 3.8) is 0 Å². The molecule has 0 unspecified atom stereocenters. The molecule has 6 nitrogen and oxygen atoms in total. The van der Waals surface area contributed by atoms with Crippen LogP contribution in [0.1, 0.15) is 45.4 Å². The van der Waals surface area contributed by atoms with E-state index < -0.39 is 45.8 Å². The van der Waals surface area contributed by atoms with Gasteiger partial charge in [-0.1, -0.05) is 6.58 Å². The Bertz CT molecular complexity index is 772. The summed E-state index contributed by atoms with van der Waals surface area (Å²) in [6.07, 6.45) is 2.56. The van der Waals surface area contributed by atoms with Gasteiger partial charge in [0.05, 0.1) is 11.5 Å². The zero-order valence-corrected chi connectivity index (χ0v) is 14.2. The Balaban J connectivity index is 1.77. The van der Waals surface area contributed by atoms with Crippen LogP contribution in [0.5, 0.6) is 0 Å². The fourth-order valence-electron chi connectivity index (χ4n) is 7.46. The number of Topliss-reactive ketones (excluding diaryl/α,β-unsaturated/α-hetero) is 1. The Morgan fingerprint density at radius 3 is 2.72 bits per heavy atom. The number of fused-ring (bicyclic) bond motifs is 1. The van der Waals surface area contributed by atoms with E-state index in [1.807, 2.05) is 0 Å². The van der Waals surface area contributed by atoms with Gasteiger partial charge in [-0.25, -0.2) is 0 Å². The average molecular weight is 346 g/mol. The minimum absolute atomic E-state index is 0.135. The maximum absolute atomic E-state index is 12.7. The molecule has 0 aromatic heterocycles. The lowest BCUT2D eigenvalue weighted by Gasteiger charge is -2.45. The van der Waals surface area contributed by atoms with Crippen molar-refractivity contribution in [2.24, 2.45) is 28.6 Å². The highest BCUT2D eigenvalue weighted by Gasteiger charge is 2.84. The van der Waals surface area contributed by atoms with Gasteiger partial charge in [-0.15, -0.1) is 0 Å². The first-order valence-corrected chi connectivity index (χ1v) is 9.02. The lowest BCUT2D eigenvalue weighted by molar-refractivity contribution is -0.163. The van der Waals surface area contributed by atoms with Crippen molar-refractivity contribution in [3.8, 4) is 0 Å². The van der Waals surface area contributed by atoms with E-state index in [1.54, 1.807) is 6.92 Å². The van der Waals surface area contributed by atoms with Crippen LogP contribution in [0, 0.1) is 28.6 Å². The molecule has 134 valence electrons. The first kappa shape index (κ1) is 15.6. The standard InChI is InChI=1S/C19H22O6/c1-9-7-17-8-18(9,24)5-3-10(17)19-6-4-11(20)16(2,15(23)25-19)13(19)12(17)14(21)22/h10,12-13,24H,1,3-8H2,2H3,(H,21,22)/t10-,12-,13-,16+,17+,18+,19-/m1/s1. The van der Waals surface area contributed by atoms with Gasteiger partial charge in [0.1, 0.15) is 11.0 Å². The Morgan fingerprint density at radius 2 is 2.04 bits per heavy atom. The van der Waals surface area contributed by atoms with Gasteiger partial charge in [-0.3, -0.25) is 14.4 Å². The molecule has 2 N–H and O–H groups in total. The number of carbonyl (C=O) groups is 3. The van der Waals surface area contributed by atoms with Crippen LogP contribution in [0.15, 0.2) is 12.2 Å². The largest absolute Gasteiger partial charge is 0.481 e. The third kappa shape index (κ3) is 1.36. The first-order valence-electron chi connectivity index (χ1n) is 9.02. The summed E-state index contributed by atoms with van der Waals surface area (Å²) in [4.78, 5) is 37.7. The Hall–Kier alpha value is -1.69. The number of ketones is 1. The van der Waals surface area contributed by atoms with Gasteiger partial charge in [0.25, 0.3) is 0 Å². The zero-order chi connectivity index (χ0) is 18.0. The Kier molecular flexibility index (Phi) is 2.49. The quantitative estimate of drug-likeness (QED) is 0.423. The molecule has 5 fully saturated rings. The third-order valence-corrected chi connectivity index (χ3v) is 8.35. The number of rotatable bonds is 1. The van der Waals surface area contributed by atoms with Crippen LogP contribution < -0.4 is 0 Å². The molecule has 1 heterocycles. The predicted molar refractivity (Wildman–Crippen MR) is 84.3 cm³/mol. The summed E-state index contributed by atoms with van der Waals surface area (Å²) in [5.74, 6) is -3.41. The maximum Gasteiger partial charge on any atom is 0.320 e. The van der Waals surface area contributed by atoms with Crippen LogP contribution in [0.4, 0.5) is 0 Å². The second-order valence-electron chi connectivity index (χ2n) is 9.08. The number of hydrogen-bond acceptors (Lipinski definition) is 5. The molecule has 4 aliphatic carbocycles. The monoisotopic (exact) mass is 346 g/mol. The van der Waals surface area contributed by atoms with Crippen molar-refractivity contribution in [1.82, 2.24) is 0 Å². The summed E-state index contributed by atoms with van der Waals surface area (Å²) in [5, 5.41) is 21.1. The van der Waals surface area contributed by atoms with Crippen LogP contribution in [0.2, 0.25) is 0 Å². The lowest BCUT2D eigenvalue weighted by Crippen LogP contribution is -2.51. The molecule has 25 heavy (non-hydrogen) atoms. The Labute approximate surface area is 145 Å². The molecule has 0 amide bonds. The lowest BCUT2D eigenvalue weighted by atomic mass is 9.59. The van der Waals surface area contributed by atoms with E-state index in [0.717, 1.165) is 0 Å². The number of aliphatic hydroxyl groups is 1. The molecule has 5 rings (SSSR count). The van der Waals surface area contributed by atoms with Gasteiger partial charge in [-0.2, -0.15) is 0 Å².